The van der Waals surface area contributed by atoms with E-state index in [4.69, 9.17) is 0 Å². The lowest BCUT2D eigenvalue weighted by Gasteiger charge is -2.17. The van der Waals surface area contributed by atoms with Crippen molar-refractivity contribution < 1.29 is 9.18 Å². The van der Waals surface area contributed by atoms with Gasteiger partial charge in [-0.3, -0.25) is 19.4 Å². The third-order valence-electron chi connectivity index (χ3n) is 4.74. The average Bonchev–Trinajstić information content (AvgIpc) is 3.15. The van der Waals surface area contributed by atoms with Crippen molar-refractivity contribution in [2.45, 2.75) is 37.0 Å². The summed E-state index contributed by atoms with van der Waals surface area (Å²) in [6.45, 7) is 0. The number of halogens is 1. The van der Waals surface area contributed by atoms with E-state index in [9.17, 15) is 14.0 Å². The lowest BCUT2D eigenvalue weighted by molar-refractivity contribution is -0.113. The van der Waals surface area contributed by atoms with Gasteiger partial charge in [0.25, 0.3) is 5.56 Å². The molecule has 2 N–H and O–H groups in total. The second kappa shape index (κ2) is 6.12. The van der Waals surface area contributed by atoms with Crippen molar-refractivity contribution >= 4 is 23.5 Å². The molecule has 0 saturated heterocycles. The number of fused-ring (bicyclic) bond motifs is 1. The Labute approximate surface area is 142 Å². The summed E-state index contributed by atoms with van der Waals surface area (Å²) in [6, 6.07) is 6.63. The van der Waals surface area contributed by atoms with Crippen molar-refractivity contribution in [3.63, 3.8) is 0 Å². The maximum atomic E-state index is 14.3. The van der Waals surface area contributed by atoms with Gasteiger partial charge in [0.15, 0.2) is 0 Å². The Morgan fingerprint density at radius 3 is 2.67 bits per heavy atom. The van der Waals surface area contributed by atoms with E-state index in [1.165, 1.54) is 17.8 Å². The molecule has 24 heavy (non-hydrogen) atoms. The van der Waals surface area contributed by atoms with Crippen LogP contribution < -0.4 is 10.9 Å². The van der Waals surface area contributed by atoms with E-state index in [-0.39, 0.29) is 29.1 Å². The number of H-pyrrole nitrogens is 1. The average molecular weight is 347 g/mol. The number of carbonyl (C=O) groups excluding carboxylic acids is 1. The van der Waals surface area contributed by atoms with Crippen LogP contribution in [0.1, 0.15) is 48.1 Å². The third-order valence-corrected chi connectivity index (χ3v) is 5.99. The smallest absolute Gasteiger partial charge is 0.270 e. The van der Waals surface area contributed by atoms with Gasteiger partial charge in [0.2, 0.25) is 5.91 Å². The van der Waals surface area contributed by atoms with Crippen LogP contribution in [0.3, 0.4) is 0 Å². The van der Waals surface area contributed by atoms with Crippen LogP contribution >= 0.6 is 11.8 Å². The monoisotopic (exact) mass is 347 g/mol. The Hall–Kier alpha value is -2.02. The van der Waals surface area contributed by atoms with Crippen LogP contribution in [0.25, 0.3) is 0 Å². The van der Waals surface area contributed by atoms with Crippen molar-refractivity contribution in [2.75, 3.05) is 11.1 Å². The number of aromatic amines is 1. The first-order chi connectivity index (χ1) is 11.6. The van der Waals surface area contributed by atoms with Gasteiger partial charge >= 0.3 is 0 Å². The molecule has 5 nitrogen and oxygen atoms in total. The molecule has 2 aliphatic rings. The Balaban J connectivity index is 1.87. The van der Waals surface area contributed by atoms with Gasteiger partial charge in [-0.15, -0.1) is 11.8 Å². The molecule has 1 saturated carbocycles. The molecule has 1 aromatic carbocycles. The van der Waals surface area contributed by atoms with Gasteiger partial charge in [0, 0.05) is 5.56 Å². The highest BCUT2D eigenvalue weighted by atomic mass is 32.2. The Kier molecular flexibility index (Phi) is 3.96. The van der Waals surface area contributed by atoms with Crippen LogP contribution in [0.2, 0.25) is 0 Å². The Bertz CT molecular complexity index is 839. The number of amides is 1. The fourth-order valence-electron chi connectivity index (χ4n) is 3.61. The molecule has 0 unspecified atom stereocenters. The summed E-state index contributed by atoms with van der Waals surface area (Å²) in [4.78, 5) is 24.8. The summed E-state index contributed by atoms with van der Waals surface area (Å²) in [6.07, 6.45) is 4.17. The Morgan fingerprint density at radius 2 is 1.92 bits per heavy atom. The summed E-state index contributed by atoms with van der Waals surface area (Å²) in [5.74, 6) is 0.182. The number of nitrogens with one attached hydrogen (secondary N) is 2. The molecule has 1 amide bonds. The molecular formula is C17H18FN3O2S. The fourth-order valence-corrected chi connectivity index (χ4v) is 4.76. The molecule has 1 atom stereocenters. The van der Waals surface area contributed by atoms with Gasteiger partial charge in [-0.1, -0.05) is 31.0 Å². The minimum atomic E-state index is -0.494. The summed E-state index contributed by atoms with van der Waals surface area (Å²) in [7, 11) is 0. The van der Waals surface area contributed by atoms with Crippen LogP contribution in [-0.2, 0) is 4.79 Å². The zero-order valence-corrected chi connectivity index (χ0v) is 13.9. The number of carbonyl (C=O) groups is 1. The summed E-state index contributed by atoms with van der Waals surface area (Å²) >= 11 is 1.29. The Morgan fingerprint density at radius 1 is 1.17 bits per heavy atom. The van der Waals surface area contributed by atoms with E-state index in [1.807, 2.05) is 0 Å². The molecule has 2 heterocycles. The van der Waals surface area contributed by atoms with Gasteiger partial charge in [0.1, 0.15) is 11.6 Å². The summed E-state index contributed by atoms with van der Waals surface area (Å²) < 4.78 is 16.1. The van der Waals surface area contributed by atoms with E-state index in [0.717, 1.165) is 25.7 Å². The minimum absolute atomic E-state index is 0.161. The molecule has 1 fully saturated rings. The van der Waals surface area contributed by atoms with Crippen molar-refractivity contribution in [1.29, 1.82) is 0 Å². The molecule has 0 radical (unpaired) electrons. The molecular weight excluding hydrogens is 329 g/mol. The predicted molar refractivity (Wildman–Crippen MR) is 91.9 cm³/mol. The van der Waals surface area contributed by atoms with E-state index >= 15 is 0 Å². The van der Waals surface area contributed by atoms with Crippen molar-refractivity contribution in [3.05, 3.63) is 51.6 Å². The van der Waals surface area contributed by atoms with Gasteiger partial charge in [-0.25, -0.2) is 4.39 Å². The highest BCUT2D eigenvalue weighted by Crippen LogP contribution is 2.42. The van der Waals surface area contributed by atoms with Crippen LogP contribution in [0, 0.1) is 5.82 Å². The van der Waals surface area contributed by atoms with Gasteiger partial charge < -0.3 is 5.32 Å². The second-order valence-electron chi connectivity index (χ2n) is 6.27. The highest BCUT2D eigenvalue weighted by molar-refractivity contribution is 8.00. The maximum absolute atomic E-state index is 14.3. The quantitative estimate of drug-likeness (QED) is 0.877. The molecule has 0 spiro atoms. The number of anilines is 1. The van der Waals surface area contributed by atoms with E-state index in [1.54, 1.807) is 22.9 Å². The highest BCUT2D eigenvalue weighted by Gasteiger charge is 2.33. The van der Waals surface area contributed by atoms with Crippen LogP contribution in [-0.4, -0.2) is 21.4 Å². The first kappa shape index (κ1) is 15.5. The van der Waals surface area contributed by atoms with Crippen LogP contribution in [0.4, 0.5) is 10.2 Å². The van der Waals surface area contributed by atoms with Crippen molar-refractivity contribution in [3.8, 4) is 0 Å². The van der Waals surface area contributed by atoms with Gasteiger partial charge in [-0.2, -0.15) is 0 Å². The first-order valence-electron chi connectivity index (χ1n) is 8.15. The molecule has 0 bridgehead atoms. The molecule has 4 rings (SSSR count). The standard InChI is InChI=1S/C17H18FN3O2S/c18-12-8-4-3-7-11(12)15-14-16(19-13(22)9-24-15)21(20-17(14)23)10-5-1-2-6-10/h3-4,7-8,10,15H,1-2,5-6,9H2,(H,19,22)(H,20,23)/t15-/m0/s1. The van der Waals surface area contributed by atoms with Gasteiger partial charge in [-0.05, 0) is 18.9 Å². The van der Waals surface area contributed by atoms with E-state index in [0.29, 0.717) is 16.9 Å². The van der Waals surface area contributed by atoms with Crippen LogP contribution in [0.5, 0.6) is 0 Å². The molecule has 126 valence electrons. The minimum Gasteiger partial charge on any atom is -0.310 e. The first-order valence-corrected chi connectivity index (χ1v) is 9.20. The zero-order chi connectivity index (χ0) is 16.7. The molecule has 2 aromatic rings. The number of benzene rings is 1. The van der Waals surface area contributed by atoms with E-state index in [2.05, 4.69) is 10.4 Å². The topological polar surface area (TPSA) is 66.9 Å². The van der Waals surface area contributed by atoms with Crippen LogP contribution in [0.15, 0.2) is 29.1 Å². The number of hydrogen-bond acceptors (Lipinski definition) is 3. The third kappa shape index (κ3) is 2.56. The number of aromatic nitrogens is 2. The van der Waals surface area contributed by atoms with E-state index < -0.39 is 5.25 Å². The zero-order valence-electron chi connectivity index (χ0n) is 13.0. The molecule has 1 aliphatic heterocycles. The largest absolute Gasteiger partial charge is 0.310 e. The summed E-state index contributed by atoms with van der Waals surface area (Å²) in [5, 5.41) is 5.24. The summed E-state index contributed by atoms with van der Waals surface area (Å²) in [5.41, 5.74) is 0.637. The normalized spacial score (nSPS) is 21.4. The molecule has 7 heteroatoms. The second-order valence-corrected chi connectivity index (χ2v) is 7.37. The van der Waals surface area contributed by atoms with Gasteiger partial charge in [0.05, 0.1) is 22.6 Å². The maximum Gasteiger partial charge on any atom is 0.270 e. The number of nitrogens with zero attached hydrogens (tertiary/aromatic N) is 1. The van der Waals surface area contributed by atoms with Crippen molar-refractivity contribution in [1.82, 2.24) is 9.78 Å². The molecule has 1 aromatic heterocycles. The van der Waals surface area contributed by atoms with Crippen molar-refractivity contribution in [2.24, 2.45) is 0 Å². The number of rotatable bonds is 2. The number of thioether (sulfide) groups is 1. The predicted octanol–water partition coefficient (Wildman–Crippen LogP) is 3.21. The fraction of sp³-hybridized carbons (Fsp3) is 0.412. The lowest BCUT2D eigenvalue weighted by Crippen LogP contribution is -2.18. The SMILES string of the molecule is O=C1CS[C@@H](c2ccccc2F)c2c(n(C3CCCC3)[nH]c2=O)N1. The lowest BCUT2D eigenvalue weighted by atomic mass is 10.1. The molecule has 1 aliphatic carbocycles. The number of hydrogen-bond donors (Lipinski definition) is 2.